The molecule has 1 fully saturated rings. The van der Waals surface area contributed by atoms with Crippen molar-refractivity contribution in [1.29, 1.82) is 0 Å². The molecule has 0 N–H and O–H groups in total. The molecular formula is C27H25ClN4O2. The van der Waals surface area contributed by atoms with Crippen molar-refractivity contribution < 1.29 is 9.53 Å². The summed E-state index contributed by atoms with van der Waals surface area (Å²) < 4.78 is 5.96. The summed E-state index contributed by atoms with van der Waals surface area (Å²) in [6.07, 6.45) is 1.21. The monoisotopic (exact) mass is 472 g/mol. The summed E-state index contributed by atoms with van der Waals surface area (Å²) in [6, 6.07) is 23.2. The van der Waals surface area contributed by atoms with Crippen molar-refractivity contribution in [3.05, 3.63) is 84.0 Å². The third-order valence-electron chi connectivity index (χ3n) is 6.04. The highest BCUT2D eigenvalue weighted by Crippen LogP contribution is 2.24. The normalized spacial score (nSPS) is 14.8. The summed E-state index contributed by atoms with van der Waals surface area (Å²) in [5.41, 5.74) is 4.59. The van der Waals surface area contributed by atoms with E-state index in [9.17, 15) is 4.79 Å². The highest BCUT2D eigenvalue weighted by molar-refractivity contribution is 6.30. The van der Waals surface area contributed by atoms with E-state index in [1.807, 2.05) is 77.7 Å². The van der Waals surface area contributed by atoms with E-state index in [4.69, 9.17) is 16.3 Å². The van der Waals surface area contributed by atoms with Crippen LogP contribution in [-0.2, 0) is 4.79 Å². The number of anilines is 1. The maximum absolute atomic E-state index is 12.9. The van der Waals surface area contributed by atoms with Gasteiger partial charge in [0.1, 0.15) is 5.75 Å². The van der Waals surface area contributed by atoms with Crippen molar-refractivity contribution in [2.24, 2.45) is 0 Å². The molecule has 1 saturated heterocycles. The van der Waals surface area contributed by atoms with Crippen LogP contribution >= 0.6 is 11.6 Å². The van der Waals surface area contributed by atoms with Crippen LogP contribution < -0.4 is 9.64 Å². The smallest absolute Gasteiger partial charge is 0.263 e. The lowest BCUT2D eigenvalue weighted by molar-refractivity contribution is -0.138. The minimum absolute atomic E-state index is 0.000212. The number of fused-ring (bicyclic) bond motifs is 1. The number of nitrogens with zero attached hydrogens (tertiary/aromatic N) is 4. The largest absolute Gasteiger partial charge is 0.481 e. The Morgan fingerprint density at radius 1 is 0.912 bits per heavy atom. The van der Waals surface area contributed by atoms with Gasteiger partial charge in [-0.1, -0.05) is 23.7 Å². The second-order valence-electron chi connectivity index (χ2n) is 8.32. The number of amides is 1. The molecule has 1 aliphatic heterocycles. The Morgan fingerprint density at radius 2 is 1.59 bits per heavy atom. The standard InChI is InChI=1S/C27H25ClN4O2/c1-19(27(33)32-16-14-31(15-17-32)22-10-8-21(28)9-11-22)34-23-12-6-20(7-13-23)26-18-29-24-4-2-3-5-25(24)30-26/h2-13,18-19H,14-17H2,1H3/t19-/m1/s1. The Kier molecular flexibility index (Phi) is 6.32. The van der Waals surface area contributed by atoms with E-state index in [1.54, 1.807) is 13.1 Å². The fourth-order valence-electron chi connectivity index (χ4n) is 4.15. The van der Waals surface area contributed by atoms with Crippen LogP contribution in [0.3, 0.4) is 0 Å². The van der Waals surface area contributed by atoms with Gasteiger partial charge in [0, 0.05) is 42.5 Å². The lowest BCUT2D eigenvalue weighted by atomic mass is 10.1. The average Bonchev–Trinajstić information content (AvgIpc) is 2.89. The SMILES string of the molecule is C[C@@H](Oc1ccc(-c2cnc3ccccc3n2)cc1)C(=O)N1CCN(c2ccc(Cl)cc2)CC1. The molecule has 1 aromatic heterocycles. The van der Waals surface area contributed by atoms with E-state index in [0.717, 1.165) is 46.1 Å². The fourth-order valence-corrected chi connectivity index (χ4v) is 4.28. The van der Waals surface area contributed by atoms with Gasteiger partial charge in [0.15, 0.2) is 6.10 Å². The minimum Gasteiger partial charge on any atom is -0.481 e. The summed E-state index contributed by atoms with van der Waals surface area (Å²) in [6.45, 7) is 4.68. The van der Waals surface area contributed by atoms with Crippen molar-refractivity contribution >= 4 is 34.2 Å². The van der Waals surface area contributed by atoms with Crippen LogP contribution in [0.5, 0.6) is 5.75 Å². The van der Waals surface area contributed by atoms with Crippen LogP contribution in [0.4, 0.5) is 5.69 Å². The predicted octanol–water partition coefficient (Wildman–Crippen LogP) is 5.07. The number of hydrogen-bond donors (Lipinski definition) is 0. The molecule has 2 heterocycles. The number of rotatable bonds is 5. The molecule has 7 heteroatoms. The van der Waals surface area contributed by atoms with E-state index in [2.05, 4.69) is 14.9 Å². The molecule has 5 rings (SSSR count). The molecule has 1 amide bonds. The van der Waals surface area contributed by atoms with Gasteiger partial charge in [0.25, 0.3) is 5.91 Å². The molecule has 0 unspecified atom stereocenters. The maximum Gasteiger partial charge on any atom is 0.263 e. The Hall–Kier alpha value is -3.64. The van der Waals surface area contributed by atoms with Gasteiger partial charge in [-0.25, -0.2) is 4.98 Å². The molecular weight excluding hydrogens is 448 g/mol. The number of aromatic nitrogens is 2. The molecule has 34 heavy (non-hydrogen) atoms. The van der Waals surface area contributed by atoms with Gasteiger partial charge in [0.05, 0.1) is 22.9 Å². The van der Waals surface area contributed by atoms with Crippen LogP contribution in [-0.4, -0.2) is 53.1 Å². The second kappa shape index (κ2) is 9.69. The minimum atomic E-state index is -0.562. The number of para-hydroxylation sites is 2. The molecule has 172 valence electrons. The number of benzene rings is 3. The van der Waals surface area contributed by atoms with E-state index < -0.39 is 6.10 Å². The molecule has 4 aromatic rings. The Balaban J connectivity index is 1.18. The summed E-state index contributed by atoms with van der Waals surface area (Å²) in [4.78, 5) is 26.2. The molecule has 0 bridgehead atoms. The van der Waals surface area contributed by atoms with Gasteiger partial charge < -0.3 is 14.5 Å². The van der Waals surface area contributed by atoms with Crippen LogP contribution in [0, 0.1) is 0 Å². The first kappa shape index (κ1) is 22.2. The lowest BCUT2D eigenvalue weighted by Gasteiger charge is -2.37. The number of ether oxygens (including phenoxy) is 1. The van der Waals surface area contributed by atoms with E-state index in [1.165, 1.54) is 0 Å². The average molecular weight is 473 g/mol. The first-order chi connectivity index (χ1) is 16.6. The third kappa shape index (κ3) is 4.82. The van der Waals surface area contributed by atoms with Crippen LogP contribution in [0.25, 0.3) is 22.3 Å². The number of halogens is 1. The van der Waals surface area contributed by atoms with Crippen LogP contribution in [0.1, 0.15) is 6.92 Å². The van der Waals surface area contributed by atoms with Crippen molar-refractivity contribution in [1.82, 2.24) is 14.9 Å². The first-order valence-corrected chi connectivity index (χ1v) is 11.7. The maximum atomic E-state index is 12.9. The van der Waals surface area contributed by atoms with Crippen LogP contribution in [0.2, 0.25) is 5.02 Å². The zero-order chi connectivity index (χ0) is 23.5. The fraction of sp³-hybridized carbons (Fsp3) is 0.222. The van der Waals surface area contributed by atoms with Gasteiger partial charge >= 0.3 is 0 Å². The van der Waals surface area contributed by atoms with E-state index in [0.29, 0.717) is 18.8 Å². The molecule has 1 atom stereocenters. The highest BCUT2D eigenvalue weighted by atomic mass is 35.5. The molecule has 0 spiro atoms. The summed E-state index contributed by atoms with van der Waals surface area (Å²) >= 11 is 5.99. The molecule has 0 saturated carbocycles. The Labute approximate surface area is 203 Å². The Morgan fingerprint density at radius 3 is 2.29 bits per heavy atom. The molecule has 6 nitrogen and oxygen atoms in total. The zero-order valence-corrected chi connectivity index (χ0v) is 19.7. The van der Waals surface area contributed by atoms with Crippen molar-refractivity contribution in [3.8, 4) is 17.0 Å². The van der Waals surface area contributed by atoms with Gasteiger partial charge in [-0.2, -0.15) is 0 Å². The summed E-state index contributed by atoms with van der Waals surface area (Å²) in [5.74, 6) is 0.651. The van der Waals surface area contributed by atoms with Gasteiger partial charge in [-0.05, 0) is 67.6 Å². The highest BCUT2D eigenvalue weighted by Gasteiger charge is 2.26. The van der Waals surface area contributed by atoms with Gasteiger partial charge in [-0.3, -0.25) is 9.78 Å². The lowest BCUT2D eigenvalue weighted by Crippen LogP contribution is -2.52. The first-order valence-electron chi connectivity index (χ1n) is 11.3. The summed E-state index contributed by atoms with van der Waals surface area (Å²) in [7, 11) is 0. The number of piperazine rings is 1. The van der Waals surface area contributed by atoms with Crippen LogP contribution in [0.15, 0.2) is 79.0 Å². The second-order valence-corrected chi connectivity index (χ2v) is 8.75. The number of hydrogen-bond acceptors (Lipinski definition) is 5. The van der Waals surface area contributed by atoms with E-state index in [-0.39, 0.29) is 5.91 Å². The predicted molar refractivity (Wildman–Crippen MR) is 135 cm³/mol. The topological polar surface area (TPSA) is 58.6 Å². The van der Waals surface area contributed by atoms with Crippen molar-refractivity contribution in [2.45, 2.75) is 13.0 Å². The third-order valence-corrected chi connectivity index (χ3v) is 6.29. The molecule has 0 aliphatic carbocycles. The van der Waals surface area contributed by atoms with Crippen molar-refractivity contribution in [3.63, 3.8) is 0 Å². The van der Waals surface area contributed by atoms with E-state index >= 15 is 0 Å². The Bertz CT molecular complexity index is 1290. The number of carbonyl (C=O) groups is 1. The number of carbonyl (C=O) groups excluding carboxylic acids is 1. The molecule has 3 aromatic carbocycles. The van der Waals surface area contributed by atoms with Gasteiger partial charge in [0.2, 0.25) is 0 Å². The molecule has 1 aliphatic rings. The van der Waals surface area contributed by atoms with Crippen molar-refractivity contribution in [2.75, 3.05) is 31.1 Å². The summed E-state index contributed by atoms with van der Waals surface area (Å²) in [5, 5.41) is 0.724. The quantitative estimate of drug-likeness (QED) is 0.406. The van der Waals surface area contributed by atoms with Gasteiger partial charge in [-0.15, -0.1) is 0 Å². The zero-order valence-electron chi connectivity index (χ0n) is 18.9. The molecule has 0 radical (unpaired) electrons.